The van der Waals surface area contributed by atoms with Crippen molar-refractivity contribution in [3.8, 4) is 0 Å². The van der Waals surface area contributed by atoms with Crippen LogP contribution in [0.25, 0.3) is 0 Å². The monoisotopic (exact) mass is 360 g/mol. The Morgan fingerprint density at radius 1 is 0.960 bits per heavy atom. The summed E-state index contributed by atoms with van der Waals surface area (Å²) in [5.74, 6) is 0. The van der Waals surface area contributed by atoms with Gasteiger partial charge in [-0.2, -0.15) is 0 Å². The van der Waals surface area contributed by atoms with Crippen molar-refractivity contribution in [3.63, 3.8) is 0 Å². The van der Waals surface area contributed by atoms with Crippen molar-refractivity contribution in [1.29, 1.82) is 0 Å². The van der Waals surface area contributed by atoms with E-state index in [1.807, 2.05) is 0 Å². The Morgan fingerprint density at radius 2 is 1.56 bits per heavy atom. The maximum atomic E-state index is 6.36. The molecule has 2 nitrogen and oxygen atoms in total. The Bertz CT molecular complexity index is 617. The van der Waals surface area contributed by atoms with Gasteiger partial charge < -0.3 is 22.5 Å². The molecule has 3 heteroatoms. The summed E-state index contributed by atoms with van der Waals surface area (Å²) in [6.45, 7) is 12.6. The lowest BCUT2D eigenvalue weighted by Gasteiger charge is -2.23. The highest BCUT2D eigenvalue weighted by Crippen LogP contribution is 2.31. The fraction of sp³-hybridized carbons (Fsp3) is 0.455. The van der Waals surface area contributed by atoms with Gasteiger partial charge in [-0.3, -0.25) is 0 Å². The quantitative estimate of drug-likeness (QED) is 0.728. The van der Waals surface area contributed by atoms with Crippen LogP contribution in [0.2, 0.25) is 0 Å². The Labute approximate surface area is 159 Å². The lowest BCUT2D eigenvalue weighted by molar-refractivity contribution is -0.00000687. The number of hydrogen-bond acceptors (Lipinski definition) is 2. The van der Waals surface area contributed by atoms with Crippen LogP contribution in [0, 0.1) is 20.8 Å². The number of nitrogens with one attached hydrogen (secondary N) is 1. The van der Waals surface area contributed by atoms with Gasteiger partial charge in [-0.25, -0.2) is 0 Å². The number of halogens is 1. The lowest BCUT2D eigenvalue weighted by atomic mass is 9.92. The van der Waals surface area contributed by atoms with Crippen LogP contribution in [0.15, 0.2) is 42.5 Å². The molecule has 0 amide bonds. The third-order valence-electron chi connectivity index (χ3n) is 4.26. The molecule has 1 atom stereocenters. The minimum atomic E-state index is 0. The summed E-state index contributed by atoms with van der Waals surface area (Å²) < 4.78 is 6.36. The summed E-state index contributed by atoms with van der Waals surface area (Å²) in [4.78, 5) is 0. The molecule has 2 rings (SSSR count). The van der Waals surface area contributed by atoms with Gasteiger partial charge in [-0.05, 0) is 56.0 Å². The zero-order chi connectivity index (χ0) is 17.5. The molecule has 0 heterocycles. The molecule has 2 aromatic carbocycles. The van der Waals surface area contributed by atoms with Gasteiger partial charge in [0.05, 0.1) is 0 Å². The van der Waals surface area contributed by atoms with E-state index < -0.39 is 0 Å². The van der Waals surface area contributed by atoms with Gasteiger partial charge in [0, 0.05) is 12.6 Å². The summed E-state index contributed by atoms with van der Waals surface area (Å²) in [7, 11) is 0. The summed E-state index contributed by atoms with van der Waals surface area (Å²) in [5.41, 5.74) is 6.46. The van der Waals surface area contributed by atoms with E-state index in [9.17, 15) is 0 Å². The second kappa shape index (κ2) is 10.6. The molecule has 0 aliphatic heterocycles. The summed E-state index contributed by atoms with van der Waals surface area (Å²) in [6.07, 6.45) is 1.02. The zero-order valence-electron chi connectivity index (χ0n) is 16.1. The van der Waals surface area contributed by atoms with Crippen LogP contribution in [0.5, 0.6) is 0 Å². The van der Waals surface area contributed by atoms with E-state index in [-0.39, 0.29) is 18.5 Å². The second-order valence-electron chi connectivity index (χ2n) is 6.94. The highest BCUT2D eigenvalue weighted by Gasteiger charge is 2.19. The van der Waals surface area contributed by atoms with Crippen molar-refractivity contribution in [2.45, 2.75) is 53.2 Å². The Hall–Kier alpha value is -1.35. The first-order valence-corrected chi connectivity index (χ1v) is 8.96. The molecule has 0 bridgehead atoms. The van der Waals surface area contributed by atoms with Crippen LogP contribution in [0.3, 0.4) is 0 Å². The molecule has 1 N–H and O–H groups in total. The first-order valence-electron chi connectivity index (χ1n) is 8.96. The molecule has 0 saturated heterocycles. The van der Waals surface area contributed by atoms with Crippen molar-refractivity contribution in [2.24, 2.45) is 0 Å². The number of ether oxygens (including phenoxy) is 1. The van der Waals surface area contributed by atoms with Gasteiger partial charge >= 0.3 is 0 Å². The molecule has 2 aromatic rings. The minimum absolute atomic E-state index is 0. The predicted octanol–water partition coefficient (Wildman–Crippen LogP) is 2.11. The van der Waals surface area contributed by atoms with E-state index in [0.717, 1.165) is 19.6 Å². The standard InChI is InChI=1S/C22H31NO.ClH/c1-16(2)23-12-9-13-24-22(20-10-7-6-8-11-20)21-18(4)14-17(3)15-19(21)5;/h6-8,10-11,14-16,22-23H,9,12-13H2,1-5H3;1H/p-1. The lowest BCUT2D eigenvalue weighted by Crippen LogP contribution is -3.00. The molecular weight excluding hydrogens is 330 g/mol. The van der Waals surface area contributed by atoms with Gasteiger partial charge in [0.2, 0.25) is 0 Å². The van der Waals surface area contributed by atoms with Crippen LogP contribution in [0.4, 0.5) is 0 Å². The molecule has 1 unspecified atom stereocenters. The van der Waals surface area contributed by atoms with Gasteiger partial charge in [-0.15, -0.1) is 0 Å². The second-order valence-corrected chi connectivity index (χ2v) is 6.94. The van der Waals surface area contributed by atoms with E-state index >= 15 is 0 Å². The van der Waals surface area contributed by atoms with Crippen LogP contribution in [-0.2, 0) is 4.74 Å². The summed E-state index contributed by atoms with van der Waals surface area (Å²) in [6, 6.07) is 15.6. The molecule has 0 radical (unpaired) electrons. The van der Waals surface area contributed by atoms with Crippen LogP contribution in [-0.4, -0.2) is 19.2 Å². The third-order valence-corrected chi connectivity index (χ3v) is 4.26. The van der Waals surface area contributed by atoms with Crippen molar-refractivity contribution in [3.05, 3.63) is 70.3 Å². The summed E-state index contributed by atoms with van der Waals surface area (Å²) in [5, 5.41) is 3.45. The highest BCUT2D eigenvalue weighted by atomic mass is 35.5. The molecule has 25 heavy (non-hydrogen) atoms. The van der Waals surface area contributed by atoms with Crippen LogP contribution < -0.4 is 17.7 Å². The Balaban J connectivity index is 0.00000312. The zero-order valence-corrected chi connectivity index (χ0v) is 16.9. The number of benzene rings is 2. The largest absolute Gasteiger partial charge is 1.00 e. The van der Waals surface area contributed by atoms with Crippen molar-refractivity contribution in [1.82, 2.24) is 5.32 Å². The minimum Gasteiger partial charge on any atom is -1.00 e. The Kier molecular flexibility index (Phi) is 9.20. The SMILES string of the molecule is Cc1cc(C)c(C(OCCCNC(C)C)c2ccccc2)c(C)c1.[Cl-]. The average molecular weight is 361 g/mol. The fourth-order valence-corrected chi connectivity index (χ4v) is 3.24. The average Bonchev–Trinajstić information content (AvgIpc) is 2.52. The molecule has 0 aliphatic carbocycles. The van der Waals surface area contributed by atoms with Crippen molar-refractivity contribution >= 4 is 0 Å². The van der Waals surface area contributed by atoms with E-state index in [0.29, 0.717) is 6.04 Å². The van der Waals surface area contributed by atoms with Crippen LogP contribution in [0.1, 0.15) is 54.2 Å². The molecule has 0 saturated carbocycles. The Morgan fingerprint density at radius 3 is 2.12 bits per heavy atom. The fourth-order valence-electron chi connectivity index (χ4n) is 3.24. The smallest absolute Gasteiger partial charge is 0.108 e. The normalized spacial score (nSPS) is 12.1. The van der Waals surface area contributed by atoms with Crippen molar-refractivity contribution in [2.75, 3.05) is 13.2 Å². The summed E-state index contributed by atoms with van der Waals surface area (Å²) >= 11 is 0. The van der Waals surface area contributed by atoms with E-state index in [2.05, 4.69) is 82.4 Å². The van der Waals surface area contributed by atoms with E-state index in [1.54, 1.807) is 0 Å². The highest BCUT2D eigenvalue weighted by molar-refractivity contribution is 5.43. The van der Waals surface area contributed by atoms with Gasteiger partial charge in [0.1, 0.15) is 6.10 Å². The molecular formula is C22H31ClNO-. The third kappa shape index (κ3) is 6.47. The predicted molar refractivity (Wildman–Crippen MR) is 103 cm³/mol. The van der Waals surface area contributed by atoms with Gasteiger partial charge in [0.15, 0.2) is 0 Å². The van der Waals surface area contributed by atoms with Gasteiger partial charge in [0.25, 0.3) is 0 Å². The maximum Gasteiger partial charge on any atom is 0.108 e. The topological polar surface area (TPSA) is 21.3 Å². The molecule has 0 spiro atoms. The van der Waals surface area contributed by atoms with E-state index in [1.165, 1.54) is 27.8 Å². The number of hydrogen-bond donors (Lipinski definition) is 1. The maximum absolute atomic E-state index is 6.36. The number of aryl methyl sites for hydroxylation is 3. The van der Waals surface area contributed by atoms with Gasteiger partial charge in [-0.1, -0.05) is 61.9 Å². The molecule has 0 aliphatic rings. The first-order chi connectivity index (χ1) is 11.5. The number of rotatable bonds is 8. The van der Waals surface area contributed by atoms with Crippen LogP contribution >= 0.6 is 0 Å². The van der Waals surface area contributed by atoms with Crippen molar-refractivity contribution < 1.29 is 17.1 Å². The van der Waals surface area contributed by atoms with E-state index in [4.69, 9.17) is 4.74 Å². The molecule has 0 aromatic heterocycles. The first kappa shape index (κ1) is 21.7. The molecule has 0 fully saturated rings. The molecule has 138 valence electrons.